The Morgan fingerprint density at radius 1 is 0.861 bits per heavy atom. The van der Waals surface area contributed by atoms with Crippen molar-refractivity contribution < 1.29 is 18.0 Å². The van der Waals surface area contributed by atoms with Crippen LogP contribution in [0.2, 0.25) is 0 Å². The average molecular weight is 508 g/mol. The molecule has 3 rings (SSSR count). The number of amides is 2. The first-order chi connectivity index (χ1) is 17.1. The summed E-state index contributed by atoms with van der Waals surface area (Å²) in [6.45, 7) is 7.03. The molecule has 0 saturated heterocycles. The van der Waals surface area contributed by atoms with Gasteiger partial charge in [-0.1, -0.05) is 54.6 Å². The van der Waals surface area contributed by atoms with E-state index in [0.717, 1.165) is 26.6 Å². The molecule has 0 aliphatic rings. The number of nitrogens with one attached hydrogen (secondary N) is 1. The average Bonchev–Trinajstić information content (AvgIpc) is 2.88. The molecule has 7 nitrogen and oxygen atoms in total. The zero-order chi connectivity index (χ0) is 26.5. The molecule has 0 saturated carbocycles. The van der Waals surface area contributed by atoms with E-state index in [9.17, 15) is 18.0 Å². The molecule has 0 fully saturated rings. The van der Waals surface area contributed by atoms with Crippen molar-refractivity contribution >= 4 is 27.5 Å². The van der Waals surface area contributed by atoms with Crippen molar-refractivity contribution in [2.45, 2.75) is 45.2 Å². The second-order valence-corrected chi connectivity index (χ2v) is 10.6. The summed E-state index contributed by atoms with van der Waals surface area (Å²) in [6, 6.07) is 20.2. The van der Waals surface area contributed by atoms with Crippen molar-refractivity contribution in [1.29, 1.82) is 0 Å². The summed E-state index contributed by atoms with van der Waals surface area (Å²) in [7, 11) is -2.56. The molecule has 3 aromatic carbocycles. The fraction of sp³-hybridized carbons (Fsp3) is 0.286. The minimum Gasteiger partial charge on any atom is -0.357 e. The lowest BCUT2D eigenvalue weighted by Crippen LogP contribution is -2.50. The summed E-state index contributed by atoms with van der Waals surface area (Å²) in [4.78, 5) is 27.9. The van der Waals surface area contributed by atoms with E-state index >= 15 is 0 Å². The maximum absolute atomic E-state index is 13.8. The highest BCUT2D eigenvalue weighted by Gasteiger charge is 2.33. The van der Waals surface area contributed by atoms with Crippen molar-refractivity contribution in [3.8, 4) is 0 Å². The van der Waals surface area contributed by atoms with Gasteiger partial charge in [0.15, 0.2) is 0 Å². The Kier molecular flexibility index (Phi) is 8.53. The number of carbonyl (C=O) groups is 2. The van der Waals surface area contributed by atoms with Gasteiger partial charge in [-0.25, -0.2) is 8.42 Å². The standard InChI is InChI=1S/C28H33N3O4S/c1-20-13-11-17-26(22(20)3)31(36(34,35)25-15-7-6-8-16-25)19-27(32)30(23(4)28(33)29-5)18-24-14-10-9-12-21(24)2/h6-17,23H,18-19H2,1-5H3,(H,29,33). The van der Waals surface area contributed by atoms with Crippen LogP contribution in [0, 0.1) is 20.8 Å². The van der Waals surface area contributed by atoms with Gasteiger partial charge < -0.3 is 10.2 Å². The predicted molar refractivity (Wildman–Crippen MR) is 142 cm³/mol. The lowest BCUT2D eigenvalue weighted by Gasteiger charge is -2.32. The molecule has 0 aliphatic carbocycles. The molecular formula is C28H33N3O4S. The Hall–Kier alpha value is -3.65. The highest BCUT2D eigenvalue weighted by Crippen LogP contribution is 2.29. The van der Waals surface area contributed by atoms with Crippen LogP contribution in [0.4, 0.5) is 5.69 Å². The Bertz CT molecular complexity index is 1340. The number of sulfonamides is 1. The van der Waals surface area contributed by atoms with Crippen LogP contribution in [0.25, 0.3) is 0 Å². The smallest absolute Gasteiger partial charge is 0.264 e. The summed E-state index contributed by atoms with van der Waals surface area (Å²) in [5.41, 5.74) is 3.95. The maximum Gasteiger partial charge on any atom is 0.264 e. The van der Waals surface area contributed by atoms with Gasteiger partial charge in [-0.3, -0.25) is 13.9 Å². The molecule has 190 valence electrons. The van der Waals surface area contributed by atoms with Gasteiger partial charge >= 0.3 is 0 Å². The van der Waals surface area contributed by atoms with Crippen molar-refractivity contribution in [3.63, 3.8) is 0 Å². The first kappa shape index (κ1) is 26.9. The normalized spacial score (nSPS) is 12.0. The second-order valence-electron chi connectivity index (χ2n) is 8.78. The number of likely N-dealkylation sites (N-methyl/N-ethyl adjacent to an activating group) is 1. The molecule has 0 aliphatic heterocycles. The third kappa shape index (κ3) is 5.76. The zero-order valence-electron chi connectivity index (χ0n) is 21.4. The fourth-order valence-corrected chi connectivity index (χ4v) is 5.49. The minimum absolute atomic E-state index is 0.0866. The topological polar surface area (TPSA) is 86.8 Å². The van der Waals surface area contributed by atoms with E-state index in [1.807, 2.05) is 51.1 Å². The van der Waals surface area contributed by atoms with Gasteiger partial charge in [0.05, 0.1) is 10.6 Å². The molecule has 0 bridgehead atoms. The zero-order valence-corrected chi connectivity index (χ0v) is 22.2. The largest absolute Gasteiger partial charge is 0.357 e. The summed E-state index contributed by atoms with van der Waals surface area (Å²) in [6.07, 6.45) is 0. The molecule has 0 radical (unpaired) electrons. The van der Waals surface area contributed by atoms with Crippen LogP contribution in [-0.4, -0.2) is 44.8 Å². The highest BCUT2D eigenvalue weighted by molar-refractivity contribution is 7.92. The number of nitrogens with zero attached hydrogens (tertiary/aromatic N) is 2. The first-order valence-corrected chi connectivity index (χ1v) is 13.2. The van der Waals surface area contributed by atoms with Crippen LogP contribution in [0.1, 0.15) is 29.2 Å². The minimum atomic E-state index is -4.07. The summed E-state index contributed by atoms with van der Waals surface area (Å²) in [5, 5.41) is 2.59. The van der Waals surface area contributed by atoms with Gasteiger partial charge in [0.25, 0.3) is 10.0 Å². The van der Waals surface area contributed by atoms with Crippen molar-refractivity contribution in [2.75, 3.05) is 17.9 Å². The van der Waals surface area contributed by atoms with Crippen LogP contribution < -0.4 is 9.62 Å². The van der Waals surface area contributed by atoms with E-state index in [4.69, 9.17) is 0 Å². The Labute approximate surface area is 213 Å². The Morgan fingerprint density at radius 3 is 2.11 bits per heavy atom. The number of rotatable bonds is 9. The molecule has 1 unspecified atom stereocenters. The van der Waals surface area contributed by atoms with E-state index in [2.05, 4.69) is 5.32 Å². The fourth-order valence-electron chi connectivity index (χ4n) is 4.00. The van der Waals surface area contributed by atoms with Crippen LogP contribution >= 0.6 is 0 Å². The molecular weight excluding hydrogens is 474 g/mol. The quantitative estimate of drug-likeness (QED) is 0.475. The Morgan fingerprint density at radius 2 is 1.47 bits per heavy atom. The van der Waals surface area contributed by atoms with E-state index in [0.29, 0.717) is 5.69 Å². The number of hydrogen-bond donors (Lipinski definition) is 1. The summed E-state index contributed by atoms with van der Waals surface area (Å²) < 4.78 is 28.8. The monoisotopic (exact) mass is 507 g/mol. The lowest BCUT2D eigenvalue weighted by atomic mass is 10.1. The SMILES string of the molecule is CNC(=O)C(C)N(Cc1ccccc1C)C(=O)CN(c1cccc(C)c1C)S(=O)(=O)c1ccccc1. The van der Waals surface area contributed by atoms with E-state index in [1.165, 1.54) is 24.1 Å². The van der Waals surface area contributed by atoms with Crippen molar-refractivity contribution in [2.24, 2.45) is 0 Å². The molecule has 36 heavy (non-hydrogen) atoms. The van der Waals surface area contributed by atoms with E-state index < -0.39 is 28.5 Å². The van der Waals surface area contributed by atoms with E-state index in [1.54, 1.807) is 37.3 Å². The molecule has 1 atom stereocenters. The summed E-state index contributed by atoms with van der Waals surface area (Å²) in [5.74, 6) is -0.809. The molecule has 0 heterocycles. The van der Waals surface area contributed by atoms with Gasteiger partial charge in [-0.2, -0.15) is 0 Å². The molecule has 2 amide bonds. The van der Waals surface area contributed by atoms with Gasteiger partial charge in [0.1, 0.15) is 12.6 Å². The first-order valence-electron chi connectivity index (χ1n) is 11.8. The summed E-state index contributed by atoms with van der Waals surface area (Å²) >= 11 is 0. The molecule has 0 spiro atoms. The molecule has 1 N–H and O–H groups in total. The number of anilines is 1. The molecule has 3 aromatic rings. The number of benzene rings is 3. The third-order valence-electron chi connectivity index (χ3n) is 6.47. The van der Waals surface area contributed by atoms with Crippen LogP contribution in [0.15, 0.2) is 77.7 Å². The molecule has 0 aromatic heterocycles. The van der Waals surface area contributed by atoms with Crippen molar-refractivity contribution in [1.82, 2.24) is 10.2 Å². The van der Waals surface area contributed by atoms with Crippen LogP contribution in [0.3, 0.4) is 0 Å². The number of hydrogen-bond acceptors (Lipinski definition) is 4. The van der Waals surface area contributed by atoms with Crippen LogP contribution in [-0.2, 0) is 26.2 Å². The van der Waals surface area contributed by atoms with Gasteiger partial charge in [0.2, 0.25) is 11.8 Å². The van der Waals surface area contributed by atoms with Gasteiger partial charge in [-0.05, 0) is 68.1 Å². The van der Waals surface area contributed by atoms with Crippen LogP contribution in [0.5, 0.6) is 0 Å². The van der Waals surface area contributed by atoms with Gasteiger partial charge in [0, 0.05) is 13.6 Å². The van der Waals surface area contributed by atoms with Crippen molar-refractivity contribution in [3.05, 3.63) is 95.1 Å². The number of aryl methyl sites for hydroxylation is 2. The predicted octanol–water partition coefficient (Wildman–Crippen LogP) is 3.97. The maximum atomic E-state index is 13.8. The Balaban J connectivity index is 2.08. The van der Waals surface area contributed by atoms with Gasteiger partial charge in [-0.15, -0.1) is 0 Å². The molecule has 8 heteroatoms. The second kappa shape index (κ2) is 11.4. The van der Waals surface area contributed by atoms with E-state index in [-0.39, 0.29) is 17.3 Å². The third-order valence-corrected chi connectivity index (χ3v) is 8.24. The number of carbonyl (C=O) groups excluding carboxylic acids is 2. The lowest BCUT2D eigenvalue weighted by molar-refractivity contribution is -0.139. The highest BCUT2D eigenvalue weighted by atomic mass is 32.2.